The van der Waals surface area contributed by atoms with Crippen LogP contribution in [0.4, 0.5) is 5.00 Å². The Morgan fingerprint density at radius 2 is 2.09 bits per heavy atom. The number of nitrogens with zero attached hydrogens (tertiary/aromatic N) is 1. The summed E-state index contributed by atoms with van der Waals surface area (Å²) in [7, 11) is -3.12. The van der Waals surface area contributed by atoms with Gasteiger partial charge in [0.25, 0.3) is 0 Å². The molecular formula is C15H14N2O3S2. The highest BCUT2D eigenvalue weighted by Gasteiger charge is 2.24. The Labute approximate surface area is 132 Å². The van der Waals surface area contributed by atoms with Gasteiger partial charge in [0, 0.05) is 29.4 Å². The van der Waals surface area contributed by atoms with Crippen LogP contribution in [-0.4, -0.2) is 24.5 Å². The van der Waals surface area contributed by atoms with E-state index < -0.39 is 9.84 Å². The van der Waals surface area contributed by atoms with Crippen molar-refractivity contribution in [2.45, 2.75) is 6.42 Å². The minimum absolute atomic E-state index is 0.0123. The monoisotopic (exact) mass is 334 g/mol. The molecule has 0 aliphatic carbocycles. The molecule has 3 rings (SSSR count). The van der Waals surface area contributed by atoms with Gasteiger partial charge in [-0.05, 0) is 11.5 Å². The van der Waals surface area contributed by atoms with Crippen molar-refractivity contribution in [1.29, 1.82) is 0 Å². The Hall–Kier alpha value is -1.99. The van der Waals surface area contributed by atoms with E-state index in [0.717, 1.165) is 11.3 Å². The Kier molecular flexibility index (Phi) is 4.08. The lowest BCUT2D eigenvalue weighted by Crippen LogP contribution is -2.17. The molecule has 1 N–H and O–H groups in total. The molecule has 7 heteroatoms. The van der Waals surface area contributed by atoms with Gasteiger partial charge in [-0.1, -0.05) is 36.4 Å². The van der Waals surface area contributed by atoms with E-state index in [0.29, 0.717) is 5.00 Å². The number of rotatable bonds is 4. The Bertz CT molecular complexity index is 810. The standard InChI is InChI=1S/C15H14N2O3S2/c18-14(8-11-6-7-22(19,20)10-11)16-15-9-13(17-21-15)12-4-2-1-3-5-12/h1-7,9,11H,8,10H2,(H,16,18). The average molecular weight is 334 g/mol. The van der Waals surface area contributed by atoms with Gasteiger partial charge in [-0.2, -0.15) is 4.37 Å². The topological polar surface area (TPSA) is 76.1 Å². The number of carbonyl (C=O) groups is 1. The van der Waals surface area contributed by atoms with E-state index in [1.807, 2.05) is 36.4 Å². The van der Waals surface area contributed by atoms with E-state index in [2.05, 4.69) is 9.69 Å². The molecule has 0 radical (unpaired) electrons. The molecule has 2 heterocycles. The van der Waals surface area contributed by atoms with Gasteiger partial charge in [-0.25, -0.2) is 8.42 Å². The van der Waals surface area contributed by atoms with Crippen molar-refractivity contribution in [3.8, 4) is 11.3 Å². The van der Waals surface area contributed by atoms with Crippen LogP contribution in [-0.2, 0) is 14.6 Å². The molecule has 1 aromatic carbocycles. The van der Waals surface area contributed by atoms with Crippen molar-refractivity contribution in [3.05, 3.63) is 47.9 Å². The maximum absolute atomic E-state index is 12.0. The number of amides is 1. The summed E-state index contributed by atoms with van der Waals surface area (Å²) in [5.41, 5.74) is 1.80. The fraction of sp³-hybridized carbons (Fsp3) is 0.200. The Morgan fingerprint density at radius 1 is 1.32 bits per heavy atom. The van der Waals surface area contributed by atoms with Gasteiger partial charge in [0.1, 0.15) is 5.00 Å². The van der Waals surface area contributed by atoms with Gasteiger partial charge >= 0.3 is 0 Å². The normalized spacial score (nSPS) is 19.2. The van der Waals surface area contributed by atoms with Crippen molar-refractivity contribution in [2.75, 3.05) is 11.1 Å². The first-order valence-corrected chi connectivity index (χ1v) is 9.24. The third-order valence-corrected chi connectivity index (χ3v) is 5.46. The largest absolute Gasteiger partial charge is 0.316 e. The molecule has 1 amide bonds. The maximum Gasteiger partial charge on any atom is 0.225 e. The number of sulfone groups is 1. The summed E-state index contributed by atoms with van der Waals surface area (Å²) >= 11 is 1.21. The second kappa shape index (κ2) is 6.02. The van der Waals surface area contributed by atoms with Crippen LogP contribution in [0.25, 0.3) is 11.3 Å². The van der Waals surface area contributed by atoms with Gasteiger partial charge < -0.3 is 5.32 Å². The van der Waals surface area contributed by atoms with Crippen LogP contribution in [0.1, 0.15) is 6.42 Å². The highest BCUT2D eigenvalue weighted by molar-refractivity contribution is 7.94. The third kappa shape index (κ3) is 3.61. The molecule has 1 atom stereocenters. The lowest BCUT2D eigenvalue weighted by atomic mass is 10.1. The van der Waals surface area contributed by atoms with Crippen molar-refractivity contribution >= 4 is 32.3 Å². The van der Waals surface area contributed by atoms with Crippen molar-refractivity contribution in [2.24, 2.45) is 5.92 Å². The zero-order valence-corrected chi connectivity index (χ0v) is 13.2. The van der Waals surface area contributed by atoms with E-state index in [4.69, 9.17) is 0 Å². The van der Waals surface area contributed by atoms with Crippen LogP contribution in [0.3, 0.4) is 0 Å². The molecule has 114 valence electrons. The smallest absolute Gasteiger partial charge is 0.225 e. The van der Waals surface area contributed by atoms with E-state index in [9.17, 15) is 13.2 Å². The van der Waals surface area contributed by atoms with Crippen LogP contribution in [0.15, 0.2) is 47.9 Å². The summed E-state index contributed by atoms with van der Waals surface area (Å²) in [4.78, 5) is 12.0. The van der Waals surface area contributed by atoms with E-state index >= 15 is 0 Å². The van der Waals surface area contributed by atoms with Crippen LogP contribution in [0.5, 0.6) is 0 Å². The molecule has 1 aromatic heterocycles. The van der Waals surface area contributed by atoms with Crippen LogP contribution >= 0.6 is 11.5 Å². The number of aromatic nitrogens is 1. The predicted octanol–water partition coefficient (Wildman–Crippen LogP) is 2.70. The third-order valence-electron chi connectivity index (χ3n) is 3.29. The van der Waals surface area contributed by atoms with Crippen LogP contribution in [0.2, 0.25) is 0 Å². The van der Waals surface area contributed by atoms with E-state index in [-0.39, 0.29) is 24.0 Å². The molecule has 0 saturated carbocycles. The van der Waals surface area contributed by atoms with E-state index in [1.54, 1.807) is 6.08 Å². The molecule has 1 unspecified atom stereocenters. The fourth-order valence-electron chi connectivity index (χ4n) is 2.27. The Balaban J connectivity index is 1.61. The SMILES string of the molecule is O=C(CC1C=CS(=O)(=O)C1)Nc1cc(-c2ccccc2)ns1. The number of anilines is 1. The second-order valence-corrected chi connectivity index (χ2v) is 7.85. The van der Waals surface area contributed by atoms with Crippen molar-refractivity contribution in [3.63, 3.8) is 0 Å². The van der Waals surface area contributed by atoms with Gasteiger partial charge in [-0.3, -0.25) is 4.79 Å². The van der Waals surface area contributed by atoms with Crippen molar-refractivity contribution in [1.82, 2.24) is 4.37 Å². The summed E-state index contributed by atoms with van der Waals surface area (Å²) in [5.74, 6) is -0.431. The predicted molar refractivity (Wildman–Crippen MR) is 87.2 cm³/mol. The lowest BCUT2D eigenvalue weighted by Gasteiger charge is -2.05. The molecule has 1 aliphatic rings. The first-order valence-electron chi connectivity index (χ1n) is 6.75. The molecule has 0 spiro atoms. The number of carbonyl (C=O) groups excluding carboxylic acids is 1. The van der Waals surface area contributed by atoms with Gasteiger partial charge in [0.05, 0.1) is 11.4 Å². The summed E-state index contributed by atoms with van der Waals surface area (Å²) in [6.45, 7) is 0. The number of benzene rings is 1. The minimum atomic E-state index is -3.12. The van der Waals surface area contributed by atoms with Crippen molar-refractivity contribution < 1.29 is 13.2 Å². The average Bonchev–Trinajstić information content (AvgIpc) is 3.06. The quantitative estimate of drug-likeness (QED) is 0.933. The molecule has 22 heavy (non-hydrogen) atoms. The van der Waals surface area contributed by atoms with E-state index in [1.165, 1.54) is 16.9 Å². The molecule has 1 aliphatic heterocycles. The summed E-state index contributed by atoms with van der Waals surface area (Å²) in [5, 5.41) is 4.62. The first-order chi connectivity index (χ1) is 10.5. The minimum Gasteiger partial charge on any atom is -0.316 e. The lowest BCUT2D eigenvalue weighted by molar-refractivity contribution is -0.116. The molecular weight excluding hydrogens is 320 g/mol. The van der Waals surface area contributed by atoms with Gasteiger partial charge in [-0.15, -0.1) is 0 Å². The van der Waals surface area contributed by atoms with Crippen LogP contribution in [0, 0.1) is 5.92 Å². The molecule has 0 fully saturated rings. The molecule has 0 bridgehead atoms. The highest BCUT2D eigenvalue weighted by Crippen LogP contribution is 2.26. The zero-order valence-electron chi connectivity index (χ0n) is 11.6. The number of hydrogen-bond donors (Lipinski definition) is 1. The fourth-order valence-corrected chi connectivity index (χ4v) is 4.35. The Morgan fingerprint density at radius 3 is 2.77 bits per heavy atom. The van der Waals surface area contributed by atoms with Gasteiger partial charge in [0.2, 0.25) is 5.91 Å². The number of hydrogen-bond acceptors (Lipinski definition) is 5. The summed E-state index contributed by atoms with van der Waals surface area (Å²) in [6, 6.07) is 11.5. The molecule has 5 nitrogen and oxygen atoms in total. The highest BCUT2D eigenvalue weighted by atomic mass is 32.2. The zero-order chi connectivity index (χ0) is 15.6. The number of allylic oxidation sites excluding steroid dienone is 1. The second-order valence-electron chi connectivity index (χ2n) is 5.11. The molecule has 0 saturated heterocycles. The molecule has 2 aromatic rings. The van der Waals surface area contributed by atoms with Gasteiger partial charge in [0.15, 0.2) is 9.84 Å². The number of nitrogens with one attached hydrogen (secondary N) is 1. The maximum atomic E-state index is 12.0. The van der Waals surface area contributed by atoms with Crippen LogP contribution < -0.4 is 5.32 Å². The first kappa shape index (κ1) is 14.9. The summed E-state index contributed by atoms with van der Waals surface area (Å²) in [6.07, 6.45) is 1.74. The summed E-state index contributed by atoms with van der Waals surface area (Å²) < 4.78 is 26.9.